The summed E-state index contributed by atoms with van der Waals surface area (Å²) in [5.41, 5.74) is 0. The normalized spacial score (nSPS) is 16.5. The molecule has 1 aliphatic rings. The van der Waals surface area contributed by atoms with Crippen LogP contribution >= 0.6 is 11.3 Å². The van der Waals surface area contributed by atoms with E-state index < -0.39 is 0 Å². The van der Waals surface area contributed by atoms with Crippen LogP contribution in [0, 0.1) is 5.92 Å². The van der Waals surface area contributed by atoms with E-state index in [1.54, 1.807) is 0 Å². The Hall–Kier alpha value is -0.970. The average Bonchev–Trinajstić information content (AvgIpc) is 2.88. The van der Waals surface area contributed by atoms with Crippen molar-refractivity contribution in [3.63, 3.8) is 0 Å². The number of aromatic nitrogens is 2. The van der Waals surface area contributed by atoms with E-state index in [9.17, 15) is 4.79 Å². The Kier molecular flexibility index (Phi) is 5.76. The minimum absolute atomic E-state index is 0.135. The molecule has 0 unspecified atom stereocenters. The van der Waals surface area contributed by atoms with Crippen LogP contribution in [0.1, 0.15) is 63.3 Å². The zero-order valence-electron chi connectivity index (χ0n) is 11.7. The van der Waals surface area contributed by atoms with Gasteiger partial charge in [0.15, 0.2) is 0 Å². The van der Waals surface area contributed by atoms with Crippen molar-refractivity contribution >= 4 is 22.4 Å². The molecule has 1 aromatic heterocycles. The highest BCUT2D eigenvalue weighted by atomic mass is 32.1. The van der Waals surface area contributed by atoms with Crippen LogP contribution in [0.3, 0.4) is 0 Å². The van der Waals surface area contributed by atoms with Gasteiger partial charge in [-0.3, -0.25) is 4.79 Å². The van der Waals surface area contributed by atoms with E-state index in [0.29, 0.717) is 5.13 Å². The second-order valence-corrected chi connectivity index (χ2v) is 6.34. The van der Waals surface area contributed by atoms with Gasteiger partial charge >= 0.3 is 0 Å². The van der Waals surface area contributed by atoms with E-state index in [4.69, 9.17) is 0 Å². The summed E-state index contributed by atoms with van der Waals surface area (Å²) in [5, 5.41) is 12.8. The Balaban J connectivity index is 1.80. The summed E-state index contributed by atoms with van der Waals surface area (Å²) in [6, 6.07) is 0. The molecular formula is C14H23N3OS. The van der Waals surface area contributed by atoms with Gasteiger partial charge in [0.25, 0.3) is 0 Å². The van der Waals surface area contributed by atoms with Crippen molar-refractivity contribution in [1.82, 2.24) is 10.2 Å². The van der Waals surface area contributed by atoms with Crippen molar-refractivity contribution in [3.8, 4) is 0 Å². The van der Waals surface area contributed by atoms with Crippen LogP contribution in [-0.4, -0.2) is 16.1 Å². The molecule has 1 amide bonds. The molecule has 1 fully saturated rings. The summed E-state index contributed by atoms with van der Waals surface area (Å²) in [4.78, 5) is 12.1. The molecule has 5 heteroatoms. The number of carbonyl (C=O) groups is 1. The third kappa shape index (κ3) is 4.56. The molecule has 106 valence electrons. The van der Waals surface area contributed by atoms with Gasteiger partial charge in [0, 0.05) is 12.3 Å². The lowest BCUT2D eigenvalue weighted by Gasteiger charge is -2.19. The molecule has 1 saturated carbocycles. The first-order valence-electron chi connectivity index (χ1n) is 7.43. The molecule has 1 aliphatic carbocycles. The molecule has 0 aliphatic heterocycles. The first kappa shape index (κ1) is 14.4. The maximum absolute atomic E-state index is 12.1. The van der Waals surface area contributed by atoms with Crippen LogP contribution < -0.4 is 5.32 Å². The summed E-state index contributed by atoms with van der Waals surface area (Å²) < 4.78 is 0. The smallest absolute Gasteiger partial charge is 0.229 e. The number of nitrogens with zero attached hydrogens (tertiary/aromatic N) is 2. The summed E-state index contributed by atoms with van der Waals surface area (Å²) in [5.74, 6) is 0.317. The lowest BCUT2D eigenvalue weighted by atomic mass is 9.89. The first-order chi connectivity index (χ1) is 9.29. The second-order valence-electron chi connectivity index (χ2n) is 5.28. The standard InChI is InChI=1S/C14H23N3OS/c1-2-3-5-10-12-16-17-14(19-12)15-13(18)11-8-6-4-7-9-11/h11H,2-10H2,1H3,(H,15,17,18). The molecule has 0 atom stereocenters. The van der Waals surface area contributed by atoms with Gasteiger partial charge in [-0.05, 0) is 19.3 Å². The monoisotopic (exact) mass is 281 g/mol. The molecule has 0 aromatic carbocycles. The number of aryl methyl sites for hydroxylation is 1. The van der Waals surface area contributed by atoms with E-state index in [2.05, 4.69) is 22.4 Å². The van der Waals surface area contributed by atoms with Gasteiger partial charge in [-0.1, -0.05) is 50.4 Å². The Labute approximate surface area is 119 Å². The van der Waals surface area contributed by atoms with E-state index >= 15 is 0 Å². The number of nitrogens with one attached hydrogen (secondary N) is 1. The number of hydrogen-bond donors (Lipinski definition) is 1. The van der Waals surface area contributed by atoms with Gasteiger partial charge in [-0.25, -0.2) is 0 Å². The largest absolute Gasteiger partial charge is 0.300 e. The number of amides is 1. The van der Waals surface area contributed by atoms with Gasteiger partial charge < -0.3 is 5.32 Å². The molecule has 1 heterocycles. The number of unbranched alkanes of at least 4 members (excludes halogenated alkanes) is 2. The molecule has 0 bridgehead atoms. The minimum Gasteiger partial charge on any atom is -0.300 e. The Bertz CT molecular complexity index is 399. The molecule has 2 rings (SSSR count). The van der Waals surface area contributed by atoms with E-state index in [1.165, 1.54) is 43.4 Å². The third-order valence-electron chi connectivity index (χ3n) is 3.67. The zero-order chi connectivity index (χ0) is 13.5. The molecule has 1 aromatic rings. The first-order valence-corrected chi connectivity index (χ1v) is 8.24. The summed E-state index contributed by atoms with van der Waals surface area (Å²) in [7, 11) is 0. The predicted molar refractivity (Wildman–Crippen MR) is 78.3 cm³/mol. The topological polar surface area (TPSA) is 54.9 Å². The van der Waals surface area contributed by atoms with Crippen LogP contribution in [0.2, 0.25) is 0 Å². The molecule has 0 radical (unpaired) electrons. The third-order valence-corrected chi connectivity index (χ3v) is 4.57. The van der Waals surface area contributed by atoms with Crippen molar-refractivity contribution in [3.05, 3.63) is 5.01 Å². The van der Waals surface area contributed by atoms with Crippen molar-refractivity contribution in [2.45, 2.75) is 64.7 Å². The SMILES string of the molecule is CCCCCc1nnc(NC(=O)C2CCCCC2)s1. The van der Waals surface area contributed by atoms with Crippen molar-refractivity contribution < 1.29 is 4.79 Å². The Morgan fingerprint density at radius 3 is 2.79 bits per heavy atom. The van der Waals surface area contributed by atoms with Gasteiger partial charge in [-0.2, -0.15) is 0 Å². The van der Waals surface area contributed by atoms with Crippen LogP contribution in [0.4, 0.5) is 5.13 Å². The molecule has 1 N–H and O–H groups in total. The second kappa shape index (κ2) is 7.58. The highest BCUT2D eigenvalue weighted by molar-refractivity contribution is 7.15. The number of carbonyl (C=O) groups excluding carboxylic acids is 1. The zero-order valence-corrected chi connectivity index (χ0v) is 12.5. The Morgan fingerprint density at radius 2 is 2.05 bits per heavy atom. The minimum atomic E-state index is 0.135. The van der Waals surface area contributed by atoms with Crippen LogP contribution in [0.15, 0.2) is 0 Å². The van der Waals surface area contributed by atoms with Crippen molar-refractivity contribution in [2.24, 2.45) is 5.92 Å². The average molecular weight is 281 g/mol. The van der Waals surface area contributed by atoms with Gasteiger partial charge in [0.2, 0.25) is 11.0 Å². The van der Waals surface area contributed by atoms with E-state index in [0.717, 1.165) is 30.7 Å². The summed E-state index contributed by atoms with van der Waals surface area (Å²) in [6.07, 6.45) is 10.2. The Morgan fingerprint density at radius 1 is 1.26 bits per heavy atom. The fourth-order valence-corrected chi connectivity index (χ4v) is 3.29. The molecule has 0 saturated heterocycles. The van der Waals surface area contributed by atoms with Crippen LogP contribution in [0.25, 0.3) is 0 Å². The molecular weight excluding hydrogens is 258 g/mol. The molecule has 19 heavy (non-hydrogen) atoms. The van der Waals surface area contributed by atoms with E-state index in [-0.39, 0.29) is 11.8 Å². The number of rotatable bonds is 6. The fourth-order valence-electron chi connectivity index (χ4n) is 2.50. The predicted octanol–water partition coefficient (Wildman–Crippen LogP) is 3.79. The van der Waals surface area contributed by atoms with Crippen LogP contribution in [-0.2, 0) is 11.2 Å². The summed E-state index contributed by atoms with van der Waals surface area (Å²) in [6.45, 7) is 2.19. The molecule has 0 spiro atoms. The lowest BCUT2D eigenvalue weighted by Crippen LogP contribution is -2.24. The number of hydrogen-bond acceptors (Lipinski definition) is 4. The van der Waals surface area contributed by atoms with Crippen molar-refractivity contribution in [2.75, 3.05) is 5.32 Å². The quantitative estimate of drug-likeness (QED) is 0.807. The van der Waals surface area contributed by atoms with Gasteiger partial charge in [0.05, 0.1) is 0 Å². The highest BCUT2D eigenvalue weighted by Crippen LogP contribution is 2.25. The number of anilines is 1. The van der Waals surface area contributed by atoms with Crippen molar-refractivity contribution in [1.29, 1.82) is 0 Å². The van der Waals surface area contributed by atoms with E-state index in [1.807, 2.05) is 0 Å². The summed E-state index contributed by atoms with van der Waals surface area (Å²) >= 11 is 1.52. The van der Waals surface area contributed by atoms with Gasteiger partial charge in [-0.15, -0.1) is 10.2 Å². The maximum Gasteiger partial charge on any atom is 0.229 e. The molecule has 4 nitrogen and oxygen atoms in total. The lowest BCUT2D eigenvalue weighted by molar-refractivity contribution is -0.120. The van der Waals surface area contributed by atoms with Gasteiger partial charge in [0.1, 0.15) is 5.01 Å². The highest BCUT2D eigenvalue weighted by Gasteiger charge is 2.22. The van der Waals surface area contributed by atoms with Crippen LogP contribution in [0.5, 0.6) is 0 Å². The maximum atomic E-state index is 12.1. The fraction of sp³-hybridized carbons (Fsp3) is 0.786.